The van der Waals surface area contributed by atoms with Gasteiger partial charge in [-0.25, -0.2) is 0 Å². The summed E-state index contributed by atoms with van der Waals surface area (Å²) in [7, 11) is 0. The first kappa shape index (κ1) is 45.6. The van der Waals surface area contributed by atoms with Crippen LogP contribution in [0.3, 0.4) is 0 Å². The van der Waals surface area contributed by atoms with Crippen LogP contribution < -0.4 is 30.6 Å². The summed E-state index contributed by atoms with van der Waals surface area (Å²) in [5.74, 6) is -7.39. The Kier molecular flexibility index (Phi) is 59.7. The van der Waals surface area contributed by atoms with Gasteiger partial charge in [0.05, 0.1) is 35.8 Å². The van der Waals surface area contributed by atoms with Crippen molar-refractivity contribution in [2.45, 2.75) is 0 Å². The Hall–Kier alpha value is -4.05. The second-order valence-electron chi connectivity index (χ2n) is 3.14. The summed E-state index contributed by atoms with van der Waals surface area (Å²) in [6, 6.07) is 0. The zero-order valence-electron chi connectivity index (χ0n) is 16.0. The second-order valence-corrected chi connectivity index (χ2v) is 3.14. The molecule has 0 N–H and O–H groups in total. The van der Waals surface area contributed by atoms with Crippen LogP contribution in [0.5, 0.6) is 0 Å². The van der Waals surface area contributed by atoms with Gasteiger partial charge >= 0.3 is 0 Å². The fourth-order valence-corrected chi connectivity index (χ4v) is 0. The molecule has 31 heavy (non-hydrogen) atoms. The summed E-state index contributed by atoms with van der Waals surface area (Å²) in [5.41, 5.74) is 0. The maximum Gasteiger partial charge on any atom is 0.0636 e. The molecule has 0 saturated heterocycles. The van der Waals surface area contributed by atoms with Crippen molar-refractivity contribution in [3.05, 3.63) is 75.9 Å². The first-order chi connectivity index (χ1) is 13.6. The smallest absolute Gasteiger partial charge is 0.0636 e. The van der Waals surface area contributed by atoms with Crippen molar-refractivity contribution in [2.24, 2.45) is 0 Å². The molecule has 0 atom stereocenters. The first-order valence-electron chi connectivity index (χ1n) is 6.63. The number of carboxylic acids is 6. The van der Waals surface area contributed by atoms with E-state index in [0.717, 1.165) is 36.5 Å². The third kappa shape index (κ3) is 236. The van der Waals surface area contributed by atoms with E-state index < -0.39 is 35.8 Å². The summed E-state index contributed by atoms with van der Waals surface area (Å²) in [6.45, 7) is 17.4. The largest absolute Gasteiger partial charge is 0.545 e. The van der Waals surface area contributed by atoms with Crippen molar-refractivity contribution >= 4 is 35.8 Å². The van der Waals surface area contributed by atoms with E-state index in [1.807, 2.05) is 0 Å². The Morgan fingerprint density at radius 1 is 0.355 bits per heavy atom. The van der Waals surface area contributed by atoms with E-state index in [-0.39, 0.29) is 21.1 Å². The molecule has 174 valence electrons. The molecule has 0 fully saturated rings. The molecule has 0 aliphatic carbocycles. The molecule has 0 amide bonds. The molecule has 0 aliphatic heterocycles. The molecular formula is C18H18MoO12-6. The van der Waals surface area contributed by atoms with Crippen LogP contribution in [0, 0.1) is 0 Å². The van der Waals surface area contributed by atoms with Gasteiger partial charge in [0, 0.05) is 21.1 Å². The number of carbonyl (C=O) groups is 6. The normalized spacial score (nSPS) is 6.19. The fourth-order valence-electron chi connectivity index (χ4n) is 0. The number of carbonyl (C=O) groups excluding carboxylic acids is 6. The number of hydrogen-bond acceptors (Lipinski definition) is 12. The van der Waals surface area contributed by atoms with Gasteiger partial charge < -0.3 is 59.4 Å². The Bertz CT molecular complexity index is 481. The van der Waals surface area contributed by atoms with Gasteiger partial charge in [0.25, 0.3) is 0 Å². The minimum atomic E-state index is -1.23. The van der Waals surface area contributed by atoms with Gasteiger partial charge in [-0.3, -0.25) is 0 Å². The summed E-state index contributed by atoms with van der Waals surface area (Å²) in [4.78, 5) is 54.8. The van der Waals surface area contributed by atoms with Gasteiger partial charge in [0.1, 0.15) is 0 Å². The van der Waals surface area contributed by atoms with E-state index in [1.165, 1.54) is 0 Å². The molecule has 0 aliphatic rings. The molecule has 0 aromatic rings. The quantitative estimate of drug-likeness (QED) is 0.234. The van der Waals surface area contributed by atoms with E-state index in [4.69, 9.17) is 59.4 Å². The van der Waals surface area contributed by atoms with Gasteiger partial charge in [-0.2, -0.15) is 0 Å². The Balaban J connectivity index is -0.0000000443. The molecule has 0 rings (SSSR count). The predicted molar refractivity (Wildman–Crippen MR) is 91.2 cm³/mol. The van der Waals surface area contributed by atoms with Crippen LogP contribution >= 0.6 is 0 Å². The van der Waals surface area contributed by atoms with Crippen LogP contribution in [0.1, 0.15) is 0 Å². The zero-order valence-corrected chi connectivity index (χ0v) is 18.0. The summed E-state index contributed by atoms with van der Waals surface area (Å²) in [6.07, 6.45) is 4.33. The summed E-state index contributed by atoms with van der Waals surface area (Å²) < 4.78 is 0. The van der Waals surface area contributed by atoms with Crippen LogP contribution in [0.25, 0.3) is 0 Å². The van der Waals surface area contributed by atoms with E-state index in [0.29, 0.717) is 0 Å². The molecule has 0 bridgehead atoms. The van der Waals surface area contributed by atoms with Crippen LogP contribution in [-0.2, 0) is 49.8 Å². The molecule has 0 saturated carbocycles. The van der Waals surface area contributed by atoms with E-state index in [2.05, 4.69) is 39.5 Å². The molecule has 0 aromatic heterocycles. The number of rotatable bonds is 6. The van der Waals surface area contributed by atoms with Crippen molar-refractivity contribution in [1.82, 2.24) is 0 Å². The zero-order chi connectivity index (χ0) is 25.7. The third-order valence-electron chi connectivity index (χ3n) is 1.00. The van der Waals surface area contributed by atoms with Crippen molar-refractivity contribution < 1.29 is 80.5 Å². The van der Waals surface area contributed by atoms with Crippen LogP contribution in [0.2, 0.25) is 0 Å². The fraction of sp³-hybridized carbons (Fsp3) is 0. The van der Waals surface area contributed by atoms with Gasteiger partial charge in [0.2, 0.25) is 0 Å². The van der Waals surface area contributed by atoms with E-state index in [1.54, 1.807) is 0 Å². The number of carboxylic acid groups (broad SMARTS) is 6. The van der Waals surface area contributed by atoms with Crippen molar-refractivity contribution in [3.63, 3.8) is 0 Å². The van der Waals surface area contributed by atoms with Crippen molar-refractivity contribution in [1.29, 1.82) is 0 Å². The average molecular weight is 522 g/mol. The maximum absolute atomic E-state index is 9.14. The first-order valence-corrected chi connectivity index (χ1v) is 6.63. The predicted octanol–water partition coefficient (Wildman–Crippen LogP) is -6.47. The maximum atomic E-state index is 9.14. The Morgan fingerprint density at radius 3 is 0.387 bits per heavy atom. The van der Waals surface area contributed by atoms with Gasteiger partial charge in [-0.05, 0) is 36.5 Å². The average Bonchev–Trinajstić information content (AvgIpc) is 2.69. The molecule has 12 nitrogen and oxygen atoms in total. The Morgan fingerprint density at radius 2 is 0.387 bits per heavy atom. The molecule has 0 spiro atoms. The van der Waals surface area contributed by atoms with Gasteiger partial charge in [0.15, 0.2) is 0 Å². The molecule has 13 heteroatoms. The van der Waals surface area contributed by atoms with Crippen LogP contribution in [-0.4, -0.2) is 35.8 Å². The minimum absolute atomic E-state index is 0. The summed E-state index contributed by atoms with van der Waals surface area (Å²) >= 11 is 0. The van der Waals surface area contributed by atoms with Crippen LogP contribution in [0.4, 0.5) is 0 Å². The minimum Gasteiger partial charge on any atom is -0.545 e. The SMILES string of the molecule is C=CC(=O)[O-].C=CC(=O)[O-].C=CC(=O)[O-].C=CC(=O)[O-].C=CC(=O)[O-].C=CC(=O)[O-].[Mo]. The van der Waals surface area contributed by atoms with E-state index >= 15 is 0 Å². The number of aliphatic carboxylic acids is 6. The van der Waals surface area contributed by atoms with Crippen LogP contribution in [0.15, 0.2) is 75.9 Å². The topological polar surface area (TPSA) is 241 Å². The van der Waals surface area contributed by atoms with Gasteiger partial charge in [-0.1, -0.05) is 39.5 Å². The molecular weight excluding hydrogens is 504 g/mol. The molecule has 0 unspecified atom stereocenters. The third-order valence-corrected chi connectivity index (χ3v) is 1.00. The monoisotopic (exact) mass is 524 g/mol. The second kappa shape index (κ2) is 40.6. The Labute approximate surface area is 192 Å². The number of hydrogen-bond donors (Lipinski definition) is 0. The molecule has 0 heterocycles. The van der Waals surface area contributed by atoms with Crippen molar-refractivity contribution in [2.75, 3.05) is 0 Å². The van der Waals surface area contributed by atoms with Gasteiger partial charge in [-0.15, -0.1) is 0 Å². The molecule has 0 aromatic carbocycles. The standard InChI is InChI=1S/6C3H4O2.Mo/c6*1-2-3(4)5;/h6*2H,1H2,(H,4,5);/p-6. The van der Waals surface area contributed by atoms with E-state index in [9.17, 15) is 0 Å². The molecule has 0 radical (unpaired) electrons. The summed E-state index contributed by atoms with van der Waals surface area (Å²) in [5, 5.41) is 54.8. The van der Waals surface area contributed by atoms with Crippen molar-refractivity contribution in [3.8, 4) is 0 Å².